The Labute approximate surface area is 116 Å². The van der Waals surface area contributed by atoms with Gasteiger partial charge in [-0.25, -0.2) is 4.79 Å². The third-order valence-corrected chi connectivity index (χ3v) is 3.34. The van der Waals surface area contributed by atoms with Crippen LogP contribution in [-0.4, -0.2) is 42.2 Å². The first-order chi connectivity index (χ1) is 9.04. The molecule has 1 rings (SSSR count). The van der Waals surface area contributed by atoms with E-state index in [0.717, 1.165) is 5.75 Å². The van der Waals surface area contributed by atoms with Gasteiger partial charge in [0.1, 0.15) is 0 Å². The van der Waals surface area contributed by atoms with Crippen LogP contribution in [0.5, 0.6) is 0 Å². The third kappa shape index (κ3) is 5.32. The molecule has 0 fully saturated rings. The summed E-state index contributed by atoms with van der Waals surface area (Å²) in [4.78, 5) is 22.6. The van der Waals surface area contributed by atoms with Crippen LogP contribution >= 0.6 is 11.8 Å². The molecule has 0 aliphatic carbocycles. The molecular formula is C13H17NO4S. The molecule has 1 aromatic rings. The maximum Gasteiger partial charge on any atom is 0.336 e. The maximum atomic E-state index is 11.6. The monoisotopic (exact) mass is 283 g/mol. The quantitative estimate of drug-likeness (QED) is 0.749. The van der Waals surface area contributed by atoms with Crippen molar-refractivity contribution in [1.82, 2.24) is 0 Å². The molecule has 0 spiro atoms. The number of thioether (sulfide) groups is 1. The predicted octanol–water partition coefficient (Wildman–Crippen LogP) is 2.01. The fourth-order valence-corrected chi connectivity index (χ4v) is 2.12. The summed E-state index contributed by atoms with van der Waals surface area (Å²) in [6, 6.07) is 4.84. The number of rotatable bonds is 7. The van der Waals surface area contributed by atoms with Gasteiger partial charge >= 0.3 is 5.97 Å². The van der Waals surface area contributed by atoms with E-state index in [-0.39, 0.29) is 11.5 Å². The lowest BCUT2D eigenvalue weighted by atomic mass is 10.1. The lowest BCUT2D eigenvalue weighted by molar-refractivity contribution is -0.113. The Morgan fingerprint density at radius 1 is 1.42 bits per heavy atom. The number of methoxy groups -OCH3 is 1. The van der Waals surface area contributed by atoms with Gasteiger partial charge < -0.3 is 15.2 Å². The van der Waals surface area contributed by atoms with Crippen LogP contribution in [0.1, 0.15) is 15.9 Å². The van der Waals surface area contributed by atoms with E-state index in [9.17, 15) is 9.59 Å². The average Bonchev–Trinajstić information content (AvgIpc) is 2.36. The van der Waals surface area contributed by atoms with Crippen molar-refractivity contribution < 1.29 is 19.4 Å². The number of hydrogen-bond donors (Lipinski definition) is 2. The second-order valence-electron chi connectivity index (χ2n) is 3.93. The third-order valence-electron chi connectivity index (χ3n) is 2.42. The van der Waals surface area contributed by atoms with E-state index in [1.807, 2.05) is 0 Å². The van der Waals surface area contributed by atoms with Gasteiger partial charge in [0.2, 0.25) is 5.91 Å². The Bertz CT molecular complexity index is 462. The highest BCUT2D eigenvalue weighted by Gasteiger charge is 2.09. The van der Waals surface area contributed by atoms with Crippen molar-refractivity contribution in [2.45, 2.75) is 6.92 Å². The molecule has 0 aliphatic rings. The van der Waals surface area contributed by atoms with Crippen molar-refractivity contribution in [3.8, 4) is 0 Å². The highest BCUT2D eigenvalue weighted by atomic mass is 32.2. The normalized spacial score (nSPS) is 10.2. The van der Waals surface area contributed by atoms with Crippen LogP contribution in [0.3, 0.4) is 0 Å². The first kappa shape index (κ1) is 15.5. The van der Waals surface area contributed by atoms with E-state index in [0.29, 0.717) is 23.6 Å². The highest BCUT2D eigenvalue weighted by molar-refractivity contribution is 7.99. The van der Waals surface area contributed by atoms with Crippen molar-refractivity contribution in [1.29, 1.82) is 0 Å². The Morgan fingerprint density at radius 2 is 2.16 bits per heavy atom. The summed E-state index contributed by atoms with van der Waals surface area (Å²) >= 11 is 1.47. The number of amides is 1. The molecule has 5 nitrogen and oxygen atoms in total. The minimum absolute atomic E-state index is 0.152. The molecular weight excluding hydrogens is 266 g/mol. The Morgan fingerprint density at radius 3 is 2.79 bits per heavy atom. The first-order valence-corrected chi connectivity index (χ1v) is 6.90. The second kappa shape index (κ2) is 7.81. The van der Waals surface area contributed by atoms with Gasteiger partial charge in [0, 0.05) is 18.6 Å². The zero-order valence-electron chi connectivity index (χ0n) is 10.9. The van der Waals surface area contributed by atoms with Crippen LogP contribution in [0.15, 0.2) is 18.2 Å². The number of carbonyl (C=O) groups is 2. The Balaban J connectivity index is 2.55. The molecule has 104 valence electrons. The standard InChI is InChI=1S/C13H17NO4S/c1-9-3-4-10(7-11(9)13(16)17)14-12(15)8-19-6-5-18-2/h3-4,7H,5-6,8H2,1-2H3,(H,14,15)(H,16,17). The number of aromatic carboxylic acids is 1. The number of carbonyl (C=O) groups excluding carboxylic acids is 1. The Hall–Kier alpha value is -1.53. The van der Waals surface area contributed by atoms with Crippen molar-refractivity contribution in [3.63, 3.8) is 0 Å². The van der Waals surface area contributed by atoms with Crippen molar-refractivity contribution in [2.24, 2.45) is 0 Å². The molecule has 19 heavy (non-hydrogen) atoms. The minimum Gasteiger partial charge on any atom is -0.478 e. The number of aryl methyl sites for hydroxylation is 1. The Kier molecular flexibility index (Phi) is 6.38. The predicted molar refractivity (Wildman–Crippen MR) is 76.0 cm³/mol. The molecule has 0 radical (unpaired) electrons. The summed E-state index contributed by atoms with van der Waals surface area (Å²) in [5.41, 5.74) is 1.37. The lowest BCUT2D eigenvalue weighted by Crippen LogP contribution is -2.15. The number of hydrogen-bond acceptors (Lipinski definition) is 4. The topological polar surface area (TPSA) is 75.6 Å². The summed E-state index contributed by atoms with van der Waals surface area (Å²) in [5, 5.41) is 11.7. The molecule has 0 bridgehead atoms. The number of ether oxygens (including phenoxy) is 1. The zero-order chi connectivity index (χ0) is 14.3. The average molecular weight is 283 g/mol. The summed E-state index contributed by atoms with van der Waals surface area (Å²) in [7, 11) is 1.61. The van der Waals surface area contributed by atoms with Crippen LogP contribution in [0.4, 0.5) is 5.69 Å². The SMILES string of the molecule is COCCSCC(=O)Nc1ccc(C)c(C(=O)O)c1. The van der Waals surface area contributed by atoms with E-state index in [4.69, 9.17) is 9.84 Å². The van der Waals surface area contributed by atoms with E-state index in [1.54, 1.807) is 26.2 Å². The van der Waals surface area contributed by atoms with Crippen molar-refractivity contribution in [3.05, 3.63) is 29.3 Å². The number of benzene rings is 1. The zero-order valence-corrected chi connectivity index (χ0v) is 11.8. The summed E-state index contributed by atoms with van der Waals surface area (Å²) in [6.45, 7) is 2.32. The van der Waals surface area contributed by atoms with Gasteiger partial charge in [0.25, 0.3) is 0 Å². The fourth-order valence-electron chi connectivity index (χ4n) is 1.43. The molecule has 0 aromatic heterocycles. The van der Waals surface area contributed by atoms with Gasteiger partial charge in [-0.15, -0.1) is 11.8 Å². The summed E-state index contributed by atoms with van der Waals surface area (Å²) in [5.74, 6) is -0.0814. The van der Waals surface area contributed by atoms with E-state index in [1.165, 1.54) is 17.8 Å². The van der Waals surface area contributed by atoms with Crippen LogP contribution in [0, 0.1) is 6.92 Å². The molecule has 2 N–H and O–H groups in total. The molecule has 0 atom stereocenters. The van der Waals surface area contributed by atoms with Gasteiger partial charge in [-0.2, -0.15) is 0 Å². The number of carboxylic acid groups (broad SMARTS) is 1. The minimum atomic E-state index is -0.997. The van der Waals surface area contributed by atoms with E-state index < -0.39 is 5.97 Å². The van der Waals surface area contributed by atoms with Crippen LogP contribution in [0.25, 0.3) is 0 Å². The summed E-state index contributed by atoms with van der Waals surface area (Å²) in [6.07, 6.45) is 0. The fraction of sp³-hybridized carbons (Fsp3) is 0.385. The van der Waals surface area contributed by atoms with Gasteiger partial charge in [0.05, 0.1) is 17.9 Å². The van der Waals surface area contributed by atoms with Crippen LogP contribution < -0.4 is 5.32 Å². The molecule has 1 aromatic carbocycles. The summed E-state index contributed by atoms with van der Waals surface area (Å²) < 4.78 is 4.88. The van der Waals surface area contributed by atoms with E-state index >= 15 is 0 Å². The second-order valence-corrected chi connectivity index (χ2v) is 5.03. The van der Waals surface area contributed by atoms with Crippen molar-refractivity contribution >= 4 is 29.3 Å². The van der Waals surface area contributed by atoms with E-state index in [2.05, 4.69) is 5.32 Å². The van der Waals surface area contributed by atoms with Gasteiger partial charge in [-0.05, 0) is 24.6 Å². The highest BCUT2D eigenvalue weighted by Crippen LogP contribution is 2.15. The largest absolute Gasteiger partial charge is 0.478 e. The van der Waals surface area contributed by atoms with Gasteiger partial charge in [0.15, 0.2) is 0 Å². The first-order valence-electron chi connectivity index (χ1n) is 5.75. The van der Waals surface area contributed by atoms with Crippen LogP contribution in [-0.2, 0) is 9.53 Å². The molecule has 1 amide bonds. The molecule has 0 heterocycles. The number of anilines is 1. The molecule has 0 saturated heterocycles. The maximum absolute atomic E-state index is 11.6. The molecule has 0 unspecified atom stereocenters. The molecule has 6 heteroatoms. The van der Waals surface area contributed by atoms with Crippen LogP contribution in [0.2, 0.25) is 0 Å². The molecule has 0 aliphatic heterocycles. The number of carboxylic acids is 1. The molecule has 0 saturated carbocycles. The lowest BCUT2D eigenvalue weighted by Gasteiger charge is -2.07. The smallest absolute Gasteiger partial charge is 0.336 e. The van der Waals surface area contributed by atoms with Gasteiger partial charge in [-0.1, -0.05) is 6.07 Å². The van der Waals surface area contributed by atoms with Crippen molar-refractivity contribution in [2.75, 3.05) is 30.5 Å². The number of nitrogens with one attached hydrogen (secondary N) is 1. The van der Waals surface area contributed by atoms with Gasteiger partial charge in [-0.3, -0.25) is 4.79 Å².